The van der Waals surface area contributed by atoms with Crippen molar-refractivity contribution in [1.29, 1.82) is 0 Å². The van der Waals surface area contributed by atoms with Gasteiger partial charge in [0.2, 0.25) is 5.91 Å². The number of sulfonamides is 1. The Hall–Kier alpha value is -2.31. The van der Waals surface area contributed by atoms with Crippen LogP contribution in [0.2, 0.25) is 5.02 Å². The van der Waals surface area contributed by atoms with Crippen molar-refractivity contribution in [3.8, 4) is 11.1 Å². The topological polar surface area (TPSA) is 66.5 Å². The first-order chi connectivity index (χ1) is 14.0. The average molecular weight is 431 g/mol. The number of benzene rings is 2. The molecule has 4 rings (SSSR count). The fourth-order valence-electron chi connectivity index (χ4n) is 3.95. The van der Waals surface area contributed by atoms with Gasteiger partial charge in [-0.1, -0.05) is 41.4 Å². The lowest BCUT2D eigenvalue weighted by atomic mass is 9.97. The van der Waals surface area contributed by atoms with Crippen molar-refractivity contribution in [2.45, 2.75) is 37.0 Å². The van der Waals surface area contributed by atoms with Crippen molar-refractivity contribution in [3.63, 3.8) is 0 Å². The first-order valence-corrected chi connectivity index (χ1v) is 11.6. The van der Waals surface area contributed by atoms with Crippen LogP contribution in [0.1, 0.15) is 32.1 Å². The molecule has 7 heteroatoms. The van der Waals surface area contributed by atoms with Crippen LogP contribution in [0.15, 0.2) is 59.0 Å². The van der Waals surface area contributed by atoms with Crippen LogP contribution in [0.25, 0.3) is 11.1 Å². The van der Waals surface area contributed by atoms with Crippen molar-refractivity contribution in [1.82, 2.24) is 5.32 Å². The zero-order valence-electron chi connectivity index (χ0n) is 16.0. The van der Waals surface area contributed by atoms with Crippen LogP contribution in [-0.2, 0) is 14.8 Å². The second-order valence-electron chi connectivity index (χ2n) is 7.38. The number of nitrogens with zero attached hydrogens (tertiary/aromatic N) is 1. The Balaban J connectivity index is 1.55. The van der Waals surface area contributed by atoms with Gasteiger partial charge in [-0.25, -0.2) is 8.42 Å². The summed E-state index contributed by atoms with van der Waals surface area (Å²) < 4.78 is 27.6. The minimum Gasteiger partial charge on any atom is -0.354 e. The zero-order valence-corrected chi connectivity index (χ0v) is 17.6. The van der Waals surface area contributed by atoms with Crippen molar-refractivity contribution in [2.24, 2.45) is 0 Å². The van der Waals surface area contributed by atoms with Gasteiger partial charge in [-0.05, 0) is 56.4 Å². The fourth-order valence-corrected chi connectivity index (χ4v) is 5.78. The number of halogens is 1. The van der Waals surface area contributed by atoms with Gasteiger partial charge in [0.1, 0.15) is 6.54 Å². The van der Waals surface area contributed by atoms with Crippen LogP contribution in [0.5, 0.6) is 0 Å². The summed E-state index contributed by atoms with van der Waals surface area (Å²) in [4.78, 5) is 12.8. The minimum absolute atomic E-state index is 0.190. The Morgan fingerprint density at radius 1 is 1.10 bits per heavy atom. The number of amides is 1. The molecule has 1 aliphatic heterocycles. The molecule has 1 aliphatic carbocycles. The van der Waals surface area contributed by atoms with Gasteiger partial charge in [0.15, 0.2) is 0 Å². The lowest BCUT2D eigenvalue weighted by Crippen LogP contribution is -2.42. The first-order valence-electron chi connectivity index (χ1n) is 9.83. The normalized spacial score (nSPS) is 17.1. The molecule has 152 valence electrons. The number of allylic oxidation sites excluding steroid dienone is 1. The van der Waals surface area contributed by atoms with Crippen molar-refractivity contribution < 1.29 is 13.2 Å². The van der Waals surface area contributed by atoms with Gasteiger partial charge in [-0.2, -0.15) is 0 Å². The molecule has 0 fully saturated rings. The van der Waals surface area contributed by atoms with Gasteiger partial charge in [0.05, 0.1) is 10.6 Å². The van der Waals surface area contributed by atoms with Crippen LogP contribution >= 0.6 is 11.6 Å². The molecule has 0 bridgehead atoms. The van der Waals surface area contributed by atoms with E-state index < -0.39 is 10.0 Å². The van der Waals surface area contributed by atoms with Crippen LogP contribution < -0.4 is 9.62 Å². The molecule has 1 heterocycles. The molecule has 0 atom stereocenters. The molecule has 0 radical (unpaired) electrons. The Morgan fingerprint density at radius 3 is 2.72 bits per heavy atom. The number of carbonyl (C=O) groups is 1. The molecule has 0 aromatic heterocycles. The highest BCUT2D eigenvalue weighted by Gasteiger charge is 2.35. The van der Waals surface area contributed by atoms with Crippen molar-refractivity contribution >= 4 is 33.2 Å². The number of hydrogen-bond acceptors (Lipinski definition) is 3. The van der Waals surface area contributed by atoms with Gasteiger partial charge in [-0.3, -0.25) is 9.10 Å². The van der Waals surface area contributed by atoms with E-state index in [2.05, 4.69) is 11.4 Å². The number of fused-ring (bicyclic) bond motifs is 3. The maximum atomic E-state index is 13.2. The van der Waals surface area contributed by atoms with Crippen molar-refractivity contribution in [2.75, 3.05) is 17.4 Å². The Morgan fingerprint density at radius 2 is 1.93 bits per heavy atom. The number of carbonyl (C=O) groups excluding carboxylic acids is 1. The van der Waals surface area contributed by atoms with E-state index in [0.717, 1.165) is 19.3 Å². The second kappa shape index (κ2) is 8.20. The van der Waals surface area contributed by atoms with Gasteiger partial charge in [0, 0.05) is 22.7 Å². The highest BCUT2D eigenvalue weighted by Crippen LogP contribution is 2.43. The summed E-state index contributed by atoms with van der Waals surface area (Å²) in [5.41, 5.74) is 3.16. The predicted molar refractivity (Wildman–Crippen MR) is 116 cm³/mol. The standard InChI is InChI=1S/C22H23ClN2O3S/c23-17-10-11-20-19(14-17)18-8-4-5-9-21(18)29(27,28)25(20)15-22(26)24-13-12-16-6-2-1-3-7-16/h4-6,8-11,14H,1-3,7,12-13,15H2,(H,24,26). The van der Waals surface area contributed by atoms with Gasteiger partial charge in [0.25, 0.3) is 10.0 Å². The van der Waals surface area contributed by atoms with E-state index in [9.17, 15) is 13.2 Å². The Kier molecular flexibility index (Phi) is 5.65. The van der Waals surface area contributed by atoms with Crippen LogP contribution in [0.4, 0.5) is 5.69 Å². The third-order valence-corrected chi connectivity index (χ3v) is 7.47. The number of rotatable bonds is 5. The number of anilines is 1. The lowest BCUT2D eigenvalue weighted by Gasteiger charge is -2.31. The third-order valence-electron chi connectivity index (χ3n) is 5.41. The van der Waals surface area contributed by atoms with Gasteiger partial charge < -0.3 is 5.32 Å². The minimum atomic E-state index is -3.83. The lowest BCUT2D eigenvalue weighted by molar-refractivity contribution is -0.119. The summed E-state index contributed by atoms with van der Waals surface area (Å²) in [6, 6.07) is 11.8. The first kappa shape index (κ1) is 20.0. The number of nitrogens with one attached hydrogen (secondary N) is 1. The molecule has 5 nitrogen and oxygen atoms in total. The summed E-state index contributed by atoms with van der Waals surface area (Å²) >= 11 is 6.16. The van der Waals surface area contributed by atoms with E-state index in [1.54, 1.807) is 42.5 Å². The summed E-state index contributed by atoms with van der Waals surface area (Å²) in [5, 5.41) is 3.39. The molecule has 29 heavy (non-hydrogen) atoms. The molecule has 0 saturated heterocycles. The van der Waals surface area contributed by atoms with E-state index in [4.69, 9.17) is 11.6 Å². The predicted octanol–water partition coefficient (Wildman–Crippen LogP) is 4.52. The second-order valence-corrected chi connectivity index (χ2v) is 9.64. The molecular formula is C22H23ClN2O3S. The van der Waals surface area contributed by atoms with E-state index in [1.165, 1.54) is 22.7 Å². The fraction of sp³-hybridized carbons (Fsp3) is 0.318. The molecular weight excluding hydrogens is 408 g/mol. The molecule has 2 aliphatic rings. The van der Waals surface area contributed by atoms with Gasteiger partial charge in [-0.15, -0.1) is 0 Å². The Bertz CT molecular complexity index is 1080. The average Bonchev–Trinajstić information content (AvgIpc) is 2.72. The van der Waals surface area contributed by atoms with E-state index in [1.807, 2.05) is 0 Å². The zero-order chi connectivity index (χ0) is 20.4. The maximum Gasteiger partial charge on any atom is 0.265 e. The largest absolute Gasteiger partial charge is 0.354 e. The van der Waals surface area contributed by atoms with E-state index in [-0.39, 0.29) is 17.3 Å². The summed E-state index contributed by atoms with van der Waals surface area (Å²) in [6.45, 7) is 0.257. The van der Waals surface area contributed by atoms with Crippen LogP contribution in [-0.4, -0.2) is 27.4 Å². The highest BCUT2D eigenvalue weighted by atomic mass is 35.5. The van der Waals surface area contributed by atoms with Crippen LogP contribution in [0.3, 0.4) is 0 Å². The van der Waals surface area contributed by atoms with E-state index >= 15 is 0 Å². The summed E-state index contributed by atoms with van der Waals surface area (Å²) in [7, 11) is -3.83. The quantitative estimate of drug-likeness (QED) is 0.709. The molecule has 1 amide bonds. The SMILES string of the molecule is O=C(CN1c2ccc(Cl)cc2-c2ccccc2S1(=O)=O)NCCC1=CCCCC1. The monoisotopic (exact) mass is 430 g/mol. The molecule has 0 saturated carbocycles. The maximum absolute atomic E-state index is 13.2. The molecule has 2 aromatic carbocycles. The third kappa shape index (κ3) is 4.05. The summed E-state index contributed by atoms with van der Waals surface area (Å²) in [5.74, 6) is -0.315. The van der Waals surface area contributed by atoms with E-state index in [0.29, 0.717) is 28.4 Å². The molecule has 1 N–H and O–H groups in total. The Labute approximate surface area is 176 Å². The molecule has 0 spiro atoms. The number of hydrogen-bond donors (Lipinski definition) is 1. The summed E-state index contributed by atoms with van der Waals surface area (Å²) in [6.07, 6.45) is 7.68. The molecule has 0 unspecified atom stereocenters. The highest BCUT2D eigenvalue weighted by molar-refractivity contribution is 7.93. The van der Waals surface area contributed by atoms with Crippen LogP contribution in [0, 0.1) is 0 Å². The van der Waals surface area contributed by atoms with Crippen molar-refractivity contribution in [3.05, 3.63) is 59.1 Å². The smallest absolute Gasteiger partial charge is 0.265 e. The molecule has 2 aromatic rings. The van der Waals surface area contributed by atoms with Gasteiger partial charge >= 0.3 is 0 Å².